The van der Waals surface area contributed by atoms with Crippen LogP contribution >= 0.6 is 0 Å². The van der Waals surface area contributed by atoms with Crippen LogP contribution in [0.4, 0.5) is 5.69 Å². The highest BCUT2D eigenvalue weighted by Gasteiger charge is 2.22. The highest BCUT2D eigenvalue weighted by atomic mass is 16.6. The molecule has 1 atom stereocenters. The van der Waals surface area contributed by atoms with Gasteiger partial charge in [-0.15, -0.1) is 0 Å². The highest BCUT2D eigenvalue weighted by molar-refractivity contribution is 5.97. The van der Waals surface area contributed by atoms with Gasteiger partial charge in [0, 0.05) is 17.7 Å². The van der Waals surface area contributed by atoms with Crippen LogP contribution in [0, 0.1) is 10.1 Å². The van der Waals surface area contributed by atoms with Crippen molar-refractivity contribution in [2.45, 2.75) is 25.8 Å². The van der Waals surface area contributed by atoms with E-state index in [0.29, 0.717) is 12.8 Å². The number of ether oxygens (including phenoxy) is 1. The van der Waals surface area contributed by atoms with Gasteiger partial charge in [-0.25, -0.2) is 4.79 Å². The third-order valence-electron chi connectivity index (χ3n) is 2.82. The molecule has 1 aromatic carbocycles. The number of methoxy groups -OCH3 is 1. The summed E-state index contributed by atoms with van der Waals surface area (Å²) in [7, 11) is 1.25. The summed E-state index contributed by atoms with van der Waals surface area (Å²) >= 11 is 0. The fourth-order valence-electron chi connectivity index (χ4n) is 1.76. The van der Waals surface area contributed by atoms with Crippen LogP contribution in [0.2, 0.25) is 0 Å². The molecule has 0 aliphatic carbocycles. The number of carboxylic acids is 1. The first-order valence-corrected chi connectivity index (χ1v) is 6.26. The number of nitro groups is 1. The largest absolute Gasteiger partial charge is 0.490 e. The van der Waals surface area contributed by atoms with Gasteiger partial charge in [0.05, 0.1) is 12.0 Å². The van der Waals surface area contributed by atoms with Crippen LogP contribution in [0.15, 0.2) is 18.2 Å². The lowest BCUT2D eigenvalue weighted by atomic mass is 10.1. The van der Waals surface area contributed by atoms with Gasteiger partial charge in [0.25, 0.3) is 5.91 Å². The smallest absolute Gasteiger partial charge is 0.326 e. The van der Waals surface area contributed by atoms with Crippen LogP contribution in [0.25, 0.3) is 0 Å². The van der Waals surface area contributed by atoms with Crippen LogP contribution in [-0.4, -0.2) is 35.1 Å². The summed E-state index contributed by atoms with van der Waals surface area (Å²) in [5.74, 6) is -1.81. The molecule has 0 heterocycles. The van der Waals surface area contributed by atoms with E-state index in [-0.39, 0.29) is 17.0 Å². The van der Waals surface area contributed by atoms with Crippen LogP contribution < -0.4 is 10.1 Å². The zero-order valence-electron chi connectivity index (χ0n) is 11.7. The van der Waals surface area contributed by atoms with Crippen LogP contribution in [0.3, 0.4) is 0 Å². The molecule has 1 amide bonds. The SMILES string of the molecule is CCC[C@H](NC(=O)c1ccc([N+](=O)[O-])c(OC)c1)C(=O)O. The van der Waals surface area contributed by atoms with E-state index >= 15 is 0 Å². The maximum atomic E-state index is 12.0. The maximum Gasteiger partial charge on any atom is 0.326 e. The number of nitrogens with one attached hydrogen (secondary N) is 1. The van der Waals surface area contributed by atoms with E-state index in [4.69, 9.17) is 9.84 Å². The summed E-state index contributed by atoms with van der Waals surface area (Å²) in [6.45, 7) is 1.80. The lowest BCUT2D eigenvalue weighted by Crippen LogP contribution is -2.40. The van der Waals surface area contributed by atoms with Crippen LogP contribution in [0.1, 0.15) is 30.1 Å². The Morgan fingerprint density at radius 1 is 1.48 bits per heavy atom. The zero-order chi connectivity index (χ0) is 16.0. The molecule has 0 saturated heterocycles. The fourth-order valence-corrected chi connectivity index (χ4v) is 1.76. The Labute approximate surface area is 120 Å². The number of aliphatic carboxylic acids is 1. The van der Waals surface area contributed by atoms with Crippen LogP contribution in [-0.2, 0) is 4.79 Å². The number of carbonyl (C=O) groups excluding carboxylic acids is 1. The second-order valence-electron chi connectivity index (χ2n) is 4.30. The Kier molecular flexibility index (Phi) is 5.65. The molecule has 0 radical (unpaired) electrons. The monoisotopic (exact) mass is 296 g/mol. The van der Waals surface area contributed by atoms with Gasteiger partial charge < -0.3 is 15.2 Å². The van der Waals surface area contributed by atoms with E-state index in [2.05, 4.69) is 5.32 Å². The molecule has 2 N–H and O–H groups in total. The predicted molar refractivity (Wildman–Crippen MR) is 73.4 cm³/mol. The molecule has 0 aromatic heterocycles. The number of carboxylic acid groups (broad SMARTS) is 1. The zero-order valence-corrected chi connectivity index (χ0v) is 11.7. The third kappa shape index (κ3) is 4.16. The maximum absolute atomic E-state index is 12.0. The van der Waals surface area contributed by atoms with Gasteiger partial charge in [0.1, 0.15) is 6.04 Å². The normalized spacial score (nSPS) is 11.5. The van der Waals surface area contributed by atoms with Crippen molar-refractivity contribution in [2.75, 3.05) is 7.11 Å². The lowest BCUT2D eigenvalue weighted by Gasteiger charge is -2.13. The van der Waals surface area contributed by atoms with E-state index in [1.165, 1.54) is 19.2 Å². The third-order valence-corrected chi connectivity index (χ3v) is 2.82. The molecule has 21 heavy (non-hydrogen) atoms. The fraction of sp³-hybridized carbons (Fsp3) is 0.385. The molecular weight excluding hydrogens is 280 g/mol. The molecule has 0 aliphatic heterocycles. The predicted octanol–water partition coefficient (Wildman–Crippen LogP) is 1.59. The highest BCUT2D eigenvalue weighted by Crippen LogP contribution is 2.27. The first-order valence-electron chi connectivity index (χ1n) is 6.26. The van der Waals surface area contributed by atoms with Crippen molar-refractivity contribution in [1.82, 2.24) is 5.32 Å². The Bertz CT molecular complexity index is 558. The minimum absolute atomic E-state index is 0.0602. The molecule has 0 bridgehead atoms. The van der Waals surface area contributed by atoms with Crippen molar-refractivity contribution in [2.24, 2.45) is 0 Å². The number of hydrogen-bond donors (Lipinski definition) is 2. The number of carbonyl (C=O) groups is 2. The van der Waals surface area contributed by atoms with Crippen molar-refractivity contribution in [1.29, 1.82) is 0 Å². The summed E-state index contributed by atoms with van der Waals surface area (Å²) in [5.41, 5.74) is -0.169. The van der Waals surface area contributed by atoms with Gasteiger partial charge in [-0.1, -0.05) is 13.3 Å². The minimum Gasteiger partial charge on any atom is -0.490 e. The first-order chi connectivity index (χ1) is 9.90. The molecular formula is C13H16N2O6. The number of benzene rings is 1. The average molecular weight is 296 g/mol. The van der Waals surface area contributed by atoms with Crippen LogP contribution in [0.5, 0.6) is 5.75 Å². The first kappa shape index (κ1) is 16.4. The second kappa shape index (κ2) is 7.22. The van der Waals surface area contributed by atoms with Crippen molar-refractivity contribution >= 4 is 17.6 Å². The van der Waals surface area contributed by atoms with Crippen molar-refractivity contribution in [3.8, 4) is 5.75 Å². The Morgan fingerprint density at radius 3 is 2.62 bits per heavy atom. The second-order valence-corrected chi connectivity index (χ2v) is 4.30. The van der Waals surface area contributed by atoms with Gasteiger partial charge in [-0.05, 0) is 12.5 Å². The van der Waals surface area contributed by atoms with E-state index in [1.807, 2.05) is 0 Å². The molecule has 0 spiro atoms. The van der Waals surface area contributed by atoms with Gasteiger partial charge in [-0.2, -0.15) is 0 Å². The van der Waals surface area contributed by atoms with E-state index < -0.39 is 22.8 Å². The molecule has 1 aromatic rings. The molecule has 0 aliphatic rings. The Morgan fingerprint density at radius 2 is 2.14 bits per heavy atom. The standard InChI is InChI=1S/C13H16N2O6/c1-3-4-9(13(17)18)14-12(16)8-5-6-10(15(19)20)11(7-8)21-2/h5-7,9H,3-4H2,1-2H3,(H,14,16)(H,17,18)/t9-/m0/s1. The molecule has 114 valence electrons. The summed E-state index contributed by atoms with van der Waals surface area (Å²) in [4.78, 5) is 33.1. The average Bonchev–Trinajstić information content (AvgIpc) is 2.45. The number of nitrogens with zero attached hydrogens (tertiary/aromatic N) is 1. The van der Waals surface area contributed by atoms with Crippen molar-refractivity contribution in [3.63, 3.8) is 0 Å². The molecule has 0 fully saturated rings. The quantitative estimate of drug-likeness (QED) is 0.582. The molecule has 0 unspecified atom stereocenters. The van der Waals surface area contributed by atoms with E-state index in [1.54, 1.807) is 6.92 Å². The number of hydrogen-bond acceptors (Lipinski definition) is 5. The summed E-state index contributed by atoms with van der Waals surface area (Å²) < 4.78 is 4.86. The molecule has 8 heteroatoms. The van der Waals surface area contributed by atoms with Crippen molar-refractivity contribution < 1.29 is 24.4 Å². The summed E-state index contributed by atoms with van der Waals surface area (Å²) in [5, 5.41) is 22.1. The molecule has 1 rings (SSSR count). The van der Waals surface area contributed by atoms with Gasteiger partial charge in [0.2, 0.25) is 0 Å². The molecule has 0 saturated carbocycles. The van der Waals surface area contributed by atoms with Gasteiger partial charge in [-0.3, -0.25) is 14.9 Å². The van der Waals surface area contributed by atoms with Gasteiger partial charge in [0.15, 0.2) is 5.75 Å². The van der Waals surface area contributed by atoms with E-state index in [0.717, 1.165) is 6.07 Å². The topological polar surface area (TPSA) is 119 Å². The summed E-state index contributed by atoms with van der Waals surface area (Å²) in [6, 6.07) is 2.60. The molecule has 8 nitrogen and oxygen atoms in total. The number of amides is 1. The van der Waals surface area contributed by atoms with E-state index in [9.17, 15) is 19.7 Å². The lowest BCUT2D eigenvalue weighted by molar-refractivity contribution is -0.385. The van der Waals surface area contributed by atoms with Crippen molar-refractivity contribution in [3.05, 3.63) is 33.9 Å². The number of rotatable bonds is 7. The Balaban J connectivity index is 2.97. The Hall–Kier alpha value is -2.64. The van der Waals surface area contributed by atoms with Gasteiger partial charge >= 0.3 is 11.7 Å². The summed E-state index contributed by atoms with van der Waals surface area (Å²) in [6.07, 6.45) is 0.895. The number of nitro benzene ring substituents is 1. The minimum atomic E-state index is -1.13.